The maximum atomic E-state index is 10.9. The first kappa shape index (κ1) is 17.3. The molecule has 130 valence electrons. The van der Waals surface area contributed by atoms with Gasteiger partial charge >= 0.3 is 12.1 Å². The van der Waals surface area contributed by atoms with E-state index in [1.807, 2.05) is 10.9 Å². The van der Waals surface area contributed by atoms with E-state index in [1.54, 1.807) is 0 Å². The summed E-state index contributed by atoms with van der Waals surface area (Å²) in [6, 6.07) is 3.40. The molecule has 13 heteroatoms. The molecule has 1 saturated heterocycles. The number of urea groups is 2. The van der Waals surface area contributed by atoms with E-state index in [9.17, 15) is 19.7 Å². The summed E-state index contributed by atoms with van der Waals surface area (Å²) in [5.41, 5.74) is 13.5. The fourth-order valence-electron chi connectivity index (χ4n) is 1.94. The third-order valence-corrected chi connectivity index (χ3v) is 2.89. The molecule has 1 unspecified atom stereocenters. The number of amides is 4. The summed E-state index contributed by atoms with van der Waals surface area (Å²) in [4.78, 5) is 32.0. The highest BCUT2D eigenvalue weighted by atomic mass is 16.6. The number of hydrogen-bond acceptors (Lipinski definition) is 8. The second kappa shape index (κ2) is 7.03. The highest BCUT2D eigenvalue weighted by Crippen LogP contribution is 2.28. The number of nitro benzene ring substituents is 1. The molecule has 1 heterocycles. The summed E-state index contributed by atoms with van der Waals surface area (Å²) in [6.07, 6.45) is -1.09. The summed E-state index contributed by atoms with van der Waals surface area (Å²) >= 11 is 0. The minimum absolute atomic E-state index is 0.0990. The van der Waals surface area contributed by atoms with Crippen molar-refractivity contribution < 1.29 is 19.2 Å². The zero-order valence-electron chi connectivity index (χ0n) is 12.4. The number of non-ortho nitro benzene ring substituents is 1. The van der Waals surface area contributed by atoms with Gasteiger partial charge in [-0.1, -0.05) is 12.1 Å². The molecule has 7 N–H and O–H groups in total. The van der Waals surface area contributed by atoms with Crippen molar-refractivity contribution in [3.8, 4) is 0 Å². The largest absolute Gasteiger partial charge is 0.461 e. The average Bonchev–Trinajstić information content (AvgIpc) is 2.86. The summed E-state index contributed by atoms with van der Waals surface area (Å²) in [5.74, 6) is -0.490. The molecule has 1 aliphatic heterocycles. The fraction of sp³-hybridized carbons (Fsp3) is 0.0833. The van der Waals surface area contributed by atoms with E-state index < -0.39 is 29.0 Å². The van der Waals surface area contributed by atoms with Crippen LogP contribution in [0.25, 0.3) is 0 Å². The lowest BCUT2D eigenvalue weighted by molar-refractivity contribution is -0.384. The molecule has 0 aliphatic carbocycles. The van der Waals surface area contributed by atoms with Crippen LogP contribution >= 0.6 is 0 Å². The van der Waals surface area contributed by atoms with E-state index in [1.165, 1.54) is 24.3 Å². The monoisotopic (exact) mass is 348 g/mol. The first-order valence-corrected chi connectivity index (χ1v) is 6.56. The van der Waals surface area contributed by atoms with E-state index in [-0.39, 0.29) is 22.7 Å². The van der Waals surface area contributed by atoms with Crippen molar-refractivity contribution in [3.05, 3.63) is 39.9 Å². The van der Waals surface area contributed by atoms with E-state index in [2.05, 4.69) is 10.2 Å². The summed E-state index contributed by atoms with van der Waals surface area (Å²) in [7, 11) is 0. The van der Waals surface area contributed by atoms with Crippen LogP contribution < -0.4 is 22.3 Å². The van der Waals surface area contributed by atoms with Crippen LogP contribution in [0.3, 0.4) is 0 Å². The Morgan fingerprint density at radius 3 is 2.48 bits per heavy atom. The highest BCUT2D eigenvalue weighted by Gasteiger charge is 2.38. The number of nitro groups is 1. The van der Waals surface area contributed by atoms with Gasteiger partial charge in [-0.2, -0.15) is 10.2 Å². The minimum Gasteiger partial charge on any atom is -0.461 e. The molecule has 1 aliphatic rings. The van der Waals surface area contributed by atoms with E-state index in [4.69, 9.17) is 21.6 Å². The van der Waals surface area contributed by atoms with Crippen molar-refractivity contribution in [2.24, 2.45) is 21.7 Å². The molecule has 13 nitrogen and oxygen atoms in total. The predicted molar refractivity (Wildman–Crippen MR) is 85.0 cm³/mol. The van der Waals surface area contributed by atoms with Gasteiger partial charge in [0.05, 0.1) is 4.92 Å². The van der Waals surface area contributed by atoms with Gasteiger partial charge in [-0.15, -0.1) is 0 Å². The highest BCUT2D eigenvalue weighted by molar-refractivity contribution is 6.69. The Bertz CT molecular complexity index is 817. The third-order valence-electron chi connectivity index (χ3n) is 2.89. The number of carbonyl (C=O) groups is 2. The number of hydrazone groups is 2. The maximum Gasteiger partial charge on any atom is 0.332 e. The van der Waals surface area contributed by atoms with Crippen LogP contribution in [0, 0.1) is 15.5 Å². The van der Waals surface area contributed by atoms with Crippen LogP contribution in [0.2, 0.25) is 0 Å². The lowest BCUT2D eigenvalue weighted by Crippen LogP contribution is -2.31. The molecule has 2 rings (SSSR count). The van der Waals surface area contributed by atoms with Gasteiger partial charge in [0.25, 0.3) is 5.69 Å². The smallest absolute Gasteiger partial charge is 0.332 e. The first-order chi connectivity index (χ1) is 11.8. The summed E-state index contributed by atoms with van der Waals surface area (Å²) < 4.78 is 5.29. The van der Waals surface area contributed by atoms with Gasteiger partial charge in [0, 0.05) is 17.7 Å². The van der Waals surface area contributed by atoms with Crippen LogP contribution in [0.4, 0.5) is 15.3 Å². The number of rotatable bonds is 4. The summed E-state index contributed by atoms with van der Waals surface area (Å²) in [5, 5.41) is 26.0. The molecule has 1 aromatic carbocycles. The zero-order valence-corrected chi connectivity index (χ0v) is 12.4. The second-order valence-corrected chi connectivity index (χ2v) is 4.59. The Morgan fingerprint density at radius 1 is 1.24 bits per heavy atom. The SMILES string of the molecule is N=C1OC(c2cccc([N+](=O)[O-])c2)C(=N\NC(N)=O)/C1=N/NC(N)=O. The Labute approximate surface area is 139 Å². The molecule has 0 radical (unpaired) electrons. The normalized spacial score (nSPS) is 19.5. The molecular weight excluding hydrogens is 336 g/mol. The van der Waals surface area contributed by atoms with Crippen molar-refractivity contribution in [2.45, 2.75) is 6.10 Å². The molecule has 0 spiro atoms. The molecule has 1 atom stereocenters. The molecule has 1 fully saturated rings. The van der Waals surface area contributed by atoms with Gasteiger partial charge in [0.2, 0.25) is 5.90 Å². The van der Waals surface area contributed by atoms with Crippen molar-refractivity contribution >= 4 is 35.1 Å². The molecule has 1 aromatic rings. The molecule has 0 aromatic heterocycles. The van der Waals surface area contributed by atoms with E-state index in [0.29, 0.717) is 0 Å². The number of nitrogens with zero attached hydrogens (tertiary/aromatic N) is 3. The van der Waals surface area contributed by atoms with Crippen LogP contribution in [0.1, 0.15) is 11.7 Å². The lowest BCUT2D eigenvalue weighted by atomic mass is 10.0. The topological polar surface area (TPSA) is 211 Å². The van der Waals surface area contributed by atoms with Gasteiger partial charge in [-0.3, -0.25) is 15.5 Å². The number of ether oxygens (including phenoxy) is 1. The Hall–Kier alpha value is -4.03. The van der Waals surface area contributed by atoms with Crippen molar-refractivity contribution in [3.63, 3.8) is 0 Å². The van der Waals surface area contributed by atoms with Crippen molar-refractivity contribution in [1.29, 1.82) is 5.41 Å². The number of primary amides is 2. The standard InChI is InChI=1S/C12H12N8O5/c13-10-8(17-19-12(15)22)7(16-18-11(14)21)9(25-10)5-2-1-3-6(4-5)20(23)24/h1-4,9,13H,(H3,14,18,21)(H3,15,19,22)/b13-10?,16-7-,17-8-. The van der Waals surface area contributed by atoms with Gasteiger partial charge < -0.3 is 16.2 Å². The summed E-state index contributed by atoms with van der Waals surface area (Å²) in [6.45, 7) is 0. The minimum atomic E-state index is -1.09. The van der Waals surface area contributed by atoms with E-state index in [0.717, 1.165) is 0 Å². The van der Waals surface area contributed by atoms with Gasteiger partial charge in [-0.25, -0.2) is 20.4 Å². The number of nitrogens with one attached hydrogen (secondary N) is 3. The fourth-order valence-corrected chi connectivity index (χ4v) is 1.94. The van der Waals surface area contributed by atoms with Crippen molar-refractivity contribution in [1.82, 2.24) is 10.9 Å². The van der Waals surface area contributed by atoms with E-state index >= 15 is 0 Å². The van der Waals surface area contributed by atoms with Crippen LogP contribution in [-0.4, -0.2) is 34.3 Å². The molecule has 4 amide bonds. The Balaban J connectivity index is 2.47. The Kier molecular flexibility index (Phi) is 4.87. The van der Waals surface area contributed by atoms with Crippen molar-refractivity contribution in [2.75, 3.05) is 0 Å². The molecule has 0 saturated carbocycles. The number of benzene rings is 1. The van der Waals surface area contributed by atoms with Gasteiger partial charge in [0.15, 0.2) is 11.8 Å². The quantitative estimate of drug-likeness (QED) is 0.365. The average molecular weight is 348 g/mol. The van der Waals surface area contributed by atoms with Crippen LogP contribution in [0.5, 0.6) is 0 Å². The van der Waals surface area contributed by atoms with Crippen LogP contribution in [-0.2, 0) is 4.74 Å². The predicted octanol–water partition coefficient (Wildman–Crippen LogP) is -0.308. The van der Waals surface area contributed by atoms with Gasteiger partial charge in [-0.05, 0) is 0 Å². The molecule has 0 bridgehead atoms. The lowest BCUT2D eigenvalue weighted by Gasteiger charge is -2.10. The van der Waals surface area contributed by atoms with Crippen LogP contribution in [0.15, 0.2) is 34.5 Å². The number of carbonyl (C=O) groups excluding carboxylic acids is 2. The zero-order chi connectivity index (χ0) is 18.6. The first-order valence-electron chi connectivity index (χ1n) is 6.56. The second-order valence-electron chi connectivity index (χ2n) is 4.59. The number of hydrogen-bond donors (Lipinski definition) is 5. The molecule has 25 heavy (non-hydrogen) atoms. The molecular formula is C12H12N8O5. The Morgan fingerprint density at radius 2 is 1.88 bits per heavy atom. The van der Waals surface area contributed by atoms with Gasteiger partial charge in [0.1, 0.15) is 5.71 Å². The maximum absolute atomic E-state index is 10.9. The third kappa shape index (κ3) is 4.04. The number of nitrogens with two attached hydrogens (primary N) is 2.